The molecule has 0 bridgehead atoms. The minimum atomic E-state index is -0.440. The molecule has 20 heavy (non-hydrogen) atoms. The third kappa shape index (κ3) is 3.19. The van der Waals surface area contributed by atoms with Crippen molar-refractivity contribution in [2.45, 2.75) is 6.92 Å². The molecule has 1 amide bonds. The summed E-state index contributed by atoms with van der Waals surface area (Å²) >= 11 is 5.72. The number of anilines is 1. The fraction of sp³-hybridized carbons (Fsp3) is 0.143. The molecule has 1 heterocycles. The summed E-state index contributed by atoms with van der Waals surface area (Å²) in [4.78, 5) is 23.5. The van der Waals surface area contributed by atoms with Crippen molar-refractivity contribution in [3.63, 3.8) is 0 Å². The highest BCUT2D eigenvalue weighted by atomic mass is 35.5. The number of benzene rings is 1. The predicted molar refractivity (Wildman–Crippen MR) is 74.1 cm³/mol. The van der Waals surface area contributed by atoms with Crippen molar-refractivity contribution in [3.8, 4) is 0 Å². The highest BCUT2D eigenvalue weighted by Crippen LogP contribution is 2.19. The highest BCUT2D eigenvalue weighted by molar-refractivity contribution is 6.32. The van der Waals surface area contributed by atoms with Gasteiger partial charge in [0, 0.05) is 5.69 Å². The van der Waals surface area contributed by atoms with Gasteiger partial charge in [-0.2, -0.15) is 0 Å². The van der Waals surface area contributed by atoms with E-state index in [1.807, 2.05) is 0 Å². The molecule has 5 nitrogen and oxygen atoms in total. The zero-order chi connectivity index (χ0) is 14.5. The summed E-state index contributed by atoms with van der Waals surface area (Å²) in [7, 11) is 0. The summed E-state index contributed by atoms with van der Waals surface area (Å²) in [5.74, 6) is -0.852. The SMILES string of the molecule is CCOC(=O)c1cccc(NC(=O)c2ccoc2Cl)c1. The molecule has 6 heteroatoms. The van der Waals surface area contributed by atoms with Crippen molar-refractivity contribution in [3.05, 3.63) is 52.9 Å². The average Bonchev–Trinajstić information content (AvgIpc) is 2.85. The summed E-state index contributed by atoms with van der Waals surface area (Å²) < 4.78 is 9.74. The van der Waals surface area contributed by atoms with Gasteiger partial charge in [-0.05, 0) is 42.8 Å². The maximum atomic E-state index is 11.9. The molecule has 0 unspecified atom stereocenters. The number of carbonyl (C=O) groups excluding carboxylic acids is 2. The summed E-state index contributed by atoms with van der Waals surface area (Å²) in [5, 5.41) is 2.65. The van der Waals surface area contributed by atoms with Crippen LogP contribution < -0.4 is 5.32 Å². The molecule has 104 valence electrons. The second-order valence-corrected chi connectivity index (χ2v) is 4.21. The first kappa shape index (κ1) is 14.1. The summed E-state index contributed by atoms with van der Waals surface area (Å²) in [6.07, 6.45) is 1.33. The van der Waals surface area contributed by atoms with Crippen LogP contribution in [0.4, 0.5) is 5.69 Å². The summed E-state index contributed by atoms with van der Waals surface area (Å²) in [6, 6.07) is 7.92. The number of ether oxygens (including phenoxy) is 1. The van der Waals surface area contributed by atoms with Crippen LogP contribution in [0.15, 0.2) is 41.0 Å². The number of esters is 1. The van der Waals surface area contributed by atoms with Gasteiger partial charge in [-0.3, -0.25) is 4.79 Å². The van der Waals surface area contributed by atoms with E-state index in [1.54, 1.807) is 25.1 Å². The lowest BCUT2D eigenvalue weighted by Gasteiger charge is -2.06. The lowest BCUT2D eigenvalue weighted by molar-refractivity contribution is 0.0526. The van der Waals surface area contributed by atoms with Crippen molar-refractivity contribution >= 4 is 29.2 Å². The van der Waals surface area contributed by atoms with Gasteiger partial charge in [0.2, 0.25) is 5.22 Å². The van der Waals surface area contributed by atoms with Crippen LogP contribution >= 0.6 is 11.6 Å². The number of nitrogens with one attached hydrogen (secondary N) is 1. The van der Waals surface area contributed by atoms with Gasteiger partial charge < -0.3 is 14.5 Å². The van der Waals surface area contributed by atoms with E-state index in [1.165, 1.54) is 18.4 Å². The Morgan fingerprint density at radius 3 is 2.80 bits per heavy atom. The predicted octanol–water partition coefficient (Wildman–Crippen LogP) is 3.36. The van der Waals surface area contributed by atoms with Crippen LogP contribution in [-0.4, -0.2) is 18.5 Å². The van der Waals surface area contributed by atoms with Gasteiger partial charge in [0.25, 0.3) is 5.91 Å². The van der Waals surface area contributed by atoms with Crippen LogP contribution in [0.2, 0.25) is 5.22 Å². The van der Waals surface area contributed by atoms with Crippen LogP contribution in [0.5, 0.6) is 0 Å². The summed E-state index contributed by atoms with van der Waals surface area (Å²) in [5.41, 5.74) is 1.06. The maximum Gasteiger partial charge on any atom is 0.338 e. The average molecular weight is 294 g/mol. The standard InChI is InChI=1S/C14H12ClNO4/c1-2-19-14(18)9-4-3-5-10(8-9)16-13(17)11-6-7-20-12(11)15/h3-8H,2H2,1H3,(H,16,17). The normalized spacial score (nSPS) is 10.1. The number of rotatable bonds is 4. The van der Waals surface area contributed by atoms with E-state index in [9.17, 15) is 9.59 Å². The second-order valence-electron chi connectivity index (χ2n) is 3.86. The van der Waals surface area contributed by atoms with Crippen LogP contribution in [0, 0.1) is 0 Å². The lowest BCUT2D eigenvalue weighted by atomic mass is 10.2. The Morgan fingerprint density at radius 1 is 1.35 bits per heavy atom. The first-order chi connectivity index (χ1) is 9.61. The Hall–Kier alpha value is -2.27. The van der Waals surface area contributed by atoms with Crippen LogP contribution in [-0.2, 0) is 4.74 Å². The van der Waals surface area contributed by atoms with Gasteiger partial charge in [-0.25, -0.2) is 4.79 Å². The Balaban J connectivity index is 2.14. The van der Waals surface area contributed by atoms with Gasteiger partial charge in [0.1, 0.15) is 0 Å². The third-order valence-corrected chi connectivity index (χ3v) is 2.79. The van der Waals surface area contributed by atoms with E-state index < -0.39 is 11.9 Å². The minimum Gasteiger partial charge on any atom is -0.462 e. The number of amides is 1. The molecule has 0 aliphatic heterocycles. The van der Waals surface area contributed by atoms with E-state index >= 15 is 0 Å². The molecule has 0 aliphatic rings. The highest BCUT2D eigenvalue weighted by Gasteiger charge is 2.14. The quantitative estimate of drug-likeness (QED) is 0.878. The van der Waals surface area contributed by atoms with E-state index in [-0.39, 0.29) is 10.8 Å². The third-order valence-electron chi connectivity index (χ3n) is 2.49. The number of hydrogen-bond acceptors (Lipinski definition) is 4. The molecule has 0 saturated heterocycles. The number of carbonyl (C=O) groups is 2. The van der Waals surface area contributed by atoms with Gasteiger partial charge in [0.05, 0.1) is 24.0 Å². The Bertz CT molecular complexity index is 636. The largest absolute Gasteiger partial charge is 0.462 e. The summed E-state index contributed by atoms with van der Waals surface area (Å²) in [6.45, 7) is 2.02. The zero-order valence-corrected chi connectivity index (χ0v) is 11.4. The van der Waals surface area contributed by atoms with Crippen LogP contribution in [0.1, 0.15) is 27.6 Å². The molecule has 0 atom stereocenters. The number of hydrogen-bond donors (Lipinski definition) is 1. The van der Waals surface area contributed by atoms with E-state index in [2.05, 4.69) is 5.32 Å². The first-order valence-corrected chi connectivity index (χ1v) is 6.31. The van der Waals surface area contributed by atoms with Crippen molar-refractivity contribution < 1.29 is 18.7 Å². The lowest BCUT2D eigenvalue weighted by Crippen LogP contribution is -2.12. The number of furan rings is 1. The Morgan fingerprint density at radius 2 is 2.15 bits per heavy atom. The molecule has 2 aromatic rings. The molecule has 1 aromatic carbocycles. The minimum absolute atomic E-state index is 0.0176. The smallest absolute Gasteiger partial charge is 0.338 e. The fourth-order valence-corrected chi connectivity index (χ4v) is 1.79. The second kappa shape index (κ2) is 6.25. The molecule has 0 aliphatic carbocycles. The molecular weight excluding hydrogens is 282 g/mol. The molecule has 1 aromatic heterocycles. The van der Waals surface area contributed by atoms with Crippen molar-refractivity contribution in [1.82, 2.24) is 0 Å². The van der Waals surface area contributed by atoms with Crippen LogP contribution in [0.3, 0.4) is 0 Å². The molecule has 0 radical (unpaired) electrons. The fourth-order valence-electron chi connectivity index (χ4n) is 1.59. The topological polar surface area (TPSA) is 68.5 Å². The van der Waals surface area contributed by atoms with Gasteiger partial charge >= 0.3 is 5.97 Å². The number of halogens is 1. The van der Waals surface area contributed by atoms with Crippen LogP contribution in [0.25, 0.3) is 0 Å². The molecule has 1 N–H and O–H groups in total. The maximum absolute atomic E-state index is 11.9. The zero-order valence-electron chi connectivity index (χ0n) is 10.7. The molecular formula is C14H12ClNO4. The van der Waals surface area contributed by atoms with E-state index in [4.69, 9.17) is 20.8 Å². The first-order valence-electron chi connectivity index (χ1n) is 5.93. The molecule has 0 fully saturated rings. The van der Waals surface area contributed by atoms with Crippen molar-refractivity contribution in [1.29, 1.82) is 0 Å². The monoisotopic (exact) mass is 293 g/mol. The van der Waals surface area contributed by atoms with E-state index in [0.29, 0.717) is 17.9 Å². The molecule has 0 saturated carbocycles. The Kier molecular flexibility index (Phi) is 4.42. The van der Waals surface area contributed by atoms with Crippen molar-refractivity contribution in [2.24, 2.45) is 0 Å². The van der Waals surface area contributed by atoms with Gasteiger partial charge in [-0.1, -0.05) is 6.07 Å². The van der Waals surface area contributed by atoms with Crippen molar-refractivity contribution in [2.75, 3.05) is 11.9 Å². The molecule has 2 rings (SSSR count). The van der Waals surface area contributed by atoms with E-state index in [0.717, 1.165) is 0 Å². The van der Waals surface area contributed by atoms with Gasteiger partial charge in [0.15, 0.2) is 0 Å². The van der Waals surface area contributed by atoms with Gasteiger partial charge in [-0.15, -0.1) is 0 Å². The molecule has 0 spiro atoms. The Labute approximate surface area is 120 Å².